The summed E-state index contributed by atoms with van der Waals surface area (Å²) in [5.74, 6) is 0.265. The Morgan fingerprint density at radius 1 is 1.22 bits per heavy atom. The molecule has 4 nitrogen and oxygen atoms in total. The van der Waals surface area contributed by atoms with Crippen molar-refractivity contribution < 1.29 is 9.90 Å². The maximum atomic E-state index is 10.6. The van der Waals surface area contributed by atoms with E-state index in [1.165, 1.54) is 5.57 Å². The lowest BCUT2D eigenvalue weighted by Gasteiger charge is -2.16. The fourth-order valence-electron chi connectivity index (χ4n) is 3.59. The molecule has 0 fully saturated rings. The summed E-state index contributed by atoms with van der Waals surface area (Å²) >= 11 is 0. The second kappa shape index (κ2) is 9.56. The first kappa shape index (κ1) is 19.4. The molecule has 3 rings (SSSR count). The predicted molar refractivity (Wildman–Crippen MR) is 109 cm³/mol. The molecule has 0 amide bonds. The smallest absolute Gasteiger partial charge is 0.119 e. The van der Waals surface area contributed by atoms with E-state index >= 15 is 0 Å². The number of fused-ring (bicyclic) bond motifs is 1. The maximum absolute atomic E-state index is 10.6. The second-order valence-corrected chi connectivity index (χ2v) is 7.12. The van der Waals surface area contributed by atoms with Crippen LogP contribution in [0.3, 0.4) is 0 Å². The molecule has 0 bridgehead atoms. The Hall–Kier alpha value is -2.33. The zero-order chi connectivity index (χ0) is 19.1. The van der Waals surface area contributed by atoms with Gasteiger partial charge in [-0.25, -0.2) is 9.97 Å². The molecule has 0 radical (unpaired) electrons. The molecule has 1 unspecified atom stereocenters. The molecule has 1 aromatic carbocycles. The first-order valence-corrected chi connectivity index (χ1v) is 9.96. The number of rotatable bonds is 8. The zero-order valence-corrected chi connectivity index (χ0v) is 16.0. The van der Waals surface area contributed by atoms with E-state index in [4.69, 9.17) is 9.97 Å². The topological polar surface area (TPSA) is 63.1 Å². The van der Waals surface area contributed by atoms with Gasteiger partial charge in [0, 0.05) is 12.3 Å². The zero-order valence-electron chi connectivity index (χ0n) is 16.0. The van der Waals surface area contributed by atoms with Crippen LogP contribution in [0.25, 0.3) is 11.0 Å². The molecular formula is C23H28N2O2. The Bertz CT molecular complexity index is 855. The lowest BCUT2D eigenvalue weighted by Crippen LogP contribution is -2.07. The number of nitrogens with zero attached hydrogens (tertiary/aromatic N) is 2. The number of aromatic nitrogens is 2. The number of benzene rings is 1. The molecule has 0 aliphatic heterocycles. The van der Waals surface area contributed by atoms with Crippen LogP contribution < -0.4 is 0 Å². The Morgan fingerprint density at radius 2 is 2.11 bits per heavy atom. The quantitative estimate of drug-likeness (QED) is 0.540. The van der Waals surface area contributed by atoms with Crippen molar-refractivity contribution in [1.29, 1.82) is 0 Å². The van der Waals surface area contributed by atoms with Crippen molar-refractivity contribution in [2.24, 2.45) is 0 Å². The summed E-state index contributed by atoms with van der Waals surface area (Å²) in [5.41, 5.74) is 6.03. The fourth-order valence-corrected chi connectivity index (χ4v) is 3.59. The Balaban J connectivity index is 1.96. The van der Waals surface area contributed by atoms with Gasteiger partial charge in [-0.3, -0.25) is 0 Å². The average molecular weight is 364 g/mol. The maximum Gasteiger partial charge on any atom is 0.119 e. The van der Waals surface area contributed by atoms with Crippen LogP contribution in [0, 0.1) is 0 Å². The van der Waals surface area contributed by atoms with Crippen LogP contribution >= 0.6 is 0 Å². The third-order valence-electron chi connectivity index (χ3n) is 5.19. The number of unbranched alkanes of at least 4 members (excludes halogenated alkanes) is 2. The van der Waals surface area contributed by atoms with E-state index < -0.39 is 0 Å². The molecule has 1 aliphatic carbocycles. The van der Waals surface area contributed by atoms with Gasteiger partial charge in [-0.15, -0.1) is 0 Å². The van der Waals surface area contributed by atoms with Crippen molar-refractivity contribution in [1.82, 2.24) is 9.97 Å². The van der Waals surface area contributed by atoms with Gasteiger partial charge in [-0.2, -0.15) is 0 Å². The molecule has 0 saturated carbocycles. The number of carbonyl (C=O) groups excluding carboxylic acids is 1. The number of aldehydes is 1. The van der Waals surface area contributed by atoms with E-state index in [1.54, 1.807) is 0 Å². The minimum absolute atomic E-state index is 0.00483. The summed E-state index contributed by atoms with van der Waals surface area (Å²) in [4.78, 5) is 20.5. The summed E-state index contributed by atoms with van der Waals surface area (Å²) in [6.07, 6.45) is 14.2. The summed E-state index contributed by atoms with van der Waals surface area (Å²) in [5, 5.41) is 9.41. The van der Waals surface area contributed by atoms with E-state index in [2.05, 4.69) is 25.2 Å². The summed E-state index contributed by atoms with van der Waals surface area (Å²) in [6, 6.07) is 5.77. The lowest BCUT2D eigenvalue weighted by molar-refractivity contribution is -0.107. The van der Waals surface area contributed by atoms with Crippen LogP contribution in [0.1, 0.15) is 68.3 Å². The summed E-state index contributed by atoms with van der Waals surface area (Å²) in [6.45, 7) is 2.19. The Labute approximate surface area is 161 Å². The Morgan fingerprint density at radius 3 is 2.89 bits per heavy atom. The van der Waals surface area contributed by atoms with Crippen molar-refractivity contribution >= 4 is 17.3 Å². The van der Waals surface area contributed by atoms with E-state index in [0.717, 1.165) is 72.8 Å². The number of hydrogen-bond acceptors (Lipinski definition) is 4. The van der Waals surface area contributed by atoms with Gasteiger partial charge in [0.2, 0.25) is 0 Å². The van der Waals surface area contributed by atoms with Gasteiger partial charge in [-0.05, 0) is 56.2 Å². The van der Waals surface area contributed by atoms with Crippen molar-refractivity contribution in [2.75, 3.05) is 0 Å². The number of carbonyl (C=O) groups is 1. The third kappa shape index (κ3) is 4.89. The average Bonchev–Trinajstić information content (AvgIpc) is 2.95. The Kier molecular flexibility index (Phi) is 6.88. The normalized spacial score (nSPS) is 17.0. The molecule has 1 N–H and O–H groups in total. The van der Waals surface area contributed by atoms with E-state index in [0.29, 0.717) is 6.42 Å². The first-order chi connectivity index (χ1) is 13.2. The van der Waals surface area contributed by atoms with Gasteiger partial charge in [0.25, 0.3) is 0 Å². The van der Waals surface area contributed by atoms with Crippen LogP contribution in [0.2, 0.25) is 0 Å². The number of allylic oxidation sites excluding steroid dienone is 4. The van der Waals surface area contributed by atoms with Gasteiger partial charge >= 0.3 is 0 Å². The molecule has 1 aliphatic rings. The number of aryl methyl sites for hydroxylation is 1. The van der Waals surface area contributed by atoms with Crippen LogP contribution in [0.4, 0.5) is 0 Å². The van der Waals surface area contributed by atoms with Gasteiger partial charge in [0.15, 0.2) is 0 Å². The van der Waals surface area contributed by atoms with Gasteiger partial charge in [0.05, 0.1) is 29.0 Å². The fraction of sp³-hybridized carbons (Fsp3) is 0.435. The van der Waals surface area contributed by atoms with Crippen molar-refractivity contribution in [3.63, 3.8) is 0 Å². The molecular weight excluding hydrogens is 336 g/mol. The number of hydrogen-bond donors (Lipinski definition) is 1. The molecule has 27 heavy (non-hydrogen) atoms. The predicted octanol–water partition coefficient (Wildman–Crippen LogP) is 4.80. The van der Waals surface area contributed by atoms with Crippen LogP contribution in [0.5, 0.6) is 0 Å². The van der Waals surface area contributed by atoms with Crippen molar-refractivity contribution in [3.8, 4) is 0 Å². The van der Waals surface area contributed by atoms with E-state index in [1.807, 2.05) is 18.2 Å². The standard InChI is InChI=1S/C23H28N2O2/c1-2-17-7-6-8-19(12-10-17)23-21(9-4-3-5-14-26)24-22-15-18(16-27)11-13-20(22)25-23/h7,10-15,19,27H,2-6,8-9,16H2,1H3. The first-order valence-electron chi connectivity index (χ1n) is 9.96. The largest absolute Gasteiger partial charge is 0.392 e. The van der Waals surface area contributed by atoms with Gasteiger partial charge < -0.3 is 9.90 Å². The van der Waals surface area contributed by atoms with Gasteiger partial charge in [0.1, 0.15) is 6.29 Å². The van der Waals surface area contributed by atoms with E-state index in [9.17, 15) is 9.90 Å². The minimum Gasteiger partial charge on any atom is -0.392 e. The molecule has 2 aromatic rings. The van der Waals surface area contributed by atoms with Gasteiger partial charge in [-0.1, -0.05) is 36.8 Å². The highest BCUT2D eigenvalue weighted by Crippen LogP contribution is 2.30. The van der Waals surface area contributed by atoms with Crippen LogP contribution in [-0.4, -0.2) is 21.4 Å². The molecule has 0 saturated heterocycles. The SMILES string of the molecule is CCC1=CCCC(c2nc3ccc(CO)cc3nc2CCCCC=O)C=C1. The van der Waals surface area contributed by atoms with Crippen LogP contribution in [-0.2, 0) is 17.8 Å². The monoisotopic (exact) mass is 364 g/mol. The second-order valence-electron chi connectivity index (χ2n) is 7.12. The highest BCUT2D eigenvalue weighted by Gasteiger charge is 2.18. The number of aliphatic hydroxyl groups excluding tert-OH is 1. The van der Waals surface area contributed by atoms with Crippen molar-refractivity contribution in [2.45, 2.75) is 64.4 Å². The molecule has 1 atom stereocenters. The van der Waals surface area contributed by atoms with Crippen LogP contribution in [0.15, 0.2) is 42.0 Å². The van der Waals surface area contributed by atoms with Crippen molar-refractivity contribution in [3.05, 3.63) is 59.0 Å². The van der Waals surface area contributed by atoms with E-state index in [-0.39, 0.29) is 12.5 Å². The highest BCUT2D eigenvalue weighted by molar-refractivity contribution is 5.75. The lowest BCUT2D eigenvalue weighted by atomic mass is 9.95. The molecule has 4 heteroatoms. The third-order valence-corrected chi connectivity index (χ3v) is 5.19. The molecule has 142 valence electrons. The highest BCUT2D eigenvalue weighted by atomic mass is 16.3. The number of aliphatic hydroxyl groups is 1. The summed E-state index contributed by atoms with van der Waals surface area (Å²) < 4.78 is 0. The summed E-state index contributed by atoms with van der Waals surface area (Å²) in [7, 11) is 0. The minimum atomic E-state index is 0.00483. The molecule has 0 spiro atoms. The molecule has 1 aromatic heterocycles. The molecule has 1 heterocycles.